The fourth-order valence-corrected chi connectivity index (χ4v) is 5.13. The molecule has 0 aliphatic heterocycles. The summed E-state index contributed by atoms with van der Waals surface area (Å²) in [6, 6.07) is 16.7. The summed E-state index contributed by atoms with van der Waals surface area (Å²) < 4.78 is 25.9. The van der Waals surface area contributed by atoms with Crippen LogP contribution in [0.2, 0.25) is 5.02 Å². The lowest BCUT2D eigenvalue weighted by molar-refractivity contribution is 0.0689. The van der Waals surface area contributed by atoms with Gasteiger partial charge in [-0.2, -0.15) is 0 Å². The highest BCUT2D eigenvalue weighted by molar-refractivity contribution is 7.91. The van der Waals surface area contributed by atoms with Crippen molar-refractivity contribution >= 4 is 27.4 Å². The number of aromatic hydroxyl groups is 1. The molecule has 0 aliphatic carbocycles. The van der Waals surface area contributed by atoms with Crippen LogP contribution in [0.4, 0.5) is 0 Å². The quantitative estimate of drug-likeness (QED) is 0.360. The third-order valence-corrected chi connectivity index (χ3v) is 7.22. The number of phenols is 1. The number of hydrogen-bond donors (Lipinski definition) is 4. The molecule has 4 N–H and O–H groups in total. The Labute approximate surface area is 197 Å². The predicted octanol–water partition coefficient (Wildman–Crippen LogP) is 3.83. The topological polar surface area (TPSA) is 124 Å². The molecule has 0 saturated heterocycles. The number of sulfone groups is 1. The first-order valence-electron chi connectivity index (χ1n) is 10.2. The summed E-state index contributed by atoms with van der Waals surface area (Å²) in [5.74, 6) is -2.14. The van der Waals surface area contributed by atoms with Crippen molar-refractivity contribution in [2.24, 2.45) is 0 Å². The van der Waals surface area contributed by atoms with Gasteiger partial charge in [0.05, 0.1) is 15.9 Å². The largest absolute Gasteiger partial charge is 0.507 e. The first kappa shape index (κ1) is 24.7. The Hall–Kier alpha value is -2.91. The van der Waals surface area contributed by atoms with Gasteiger partial charge >= 0.3 is 5.97 Å². The van der Waals surface area contributed by atoms with Gasteiger partial charge in [-0.1, -0.05) is 41.9 Å². The van der Waals surface area contributed by atoms with Crippen LogP contribution in [0.15, 0.2) is 76.5 Å². The van der Waals surface area contributed by atoms with Crippen molar-refractivity contribution in [1.29, 1.82) is 0 Å². The highest BCUT2D eigenvalue weighted by atomic mass is 35.5. The van der Waals surface area contributed by atoms with E-state index >= 15 is 0 Å². The van der Waals surface area contributed by atoms with Crippen molar-refractivity contribution < 1.29 is 28.5 Å². The number of nitrogens with one attached hydrogen (secondary N) is 1. The summed E-state index contributed by atoms with van der Waals surface area (Å²) in [5.41, 5.74) is 0.919. The minimum absolute atomic E-state index is 0.00836. The lowest BCUT2D eigenvalue weighted by Crippen LogP contribution is -2.32. The van der Waals surface area contributed by atoms with Gasteiger partial charge in [0.25, 0.3) is 0 Å². The molecule has 174 valence electrons. The molecule has 3 aromatic carbocycles. The zero-order chi connectivity index (χ0) is 24.2. The van der Waals surface area contributed by atoms with Gasteiger partial charge in [0, 0.05) is 17.6 Å². The molecule has 0 radical (unpaired) electrons. The van der Waals surface area contributed by atoms with Crippen LogP contribution in [-0.4, -0.2) is 42.3 Å². The number of hydrogen-bond acceptors (Lipinski definition) is 6. The molecule has 3 rings (SSSR count). The molecule has 0 amide bonds. The number of halogens is 1. The van der Waals surface area contributed by atoms with Gasteiger partial charge in [-0.05, 0) is 60.9 Å². The molecule has 0 spiro atoms. The minimum atomic E-state index is -4.14. The molecule has 0 fully saturated rings. The number of aromatic carboxylic acids is 1. The molecule has 3 aromatic rings. The number of carboxylic acid groups (broad SMARTS) is 1. The van der Waals surface area contributed by atoms with E-state index in [1.807, 2.05) is 6.92 Å². The number of rotatable bonds is 9. The second kappa shape index (κ2) is 10.4. The van der Waals surface area contributed by atoms with E-state index in [9.17, 15) is 28.5 Å². The molecular weight excluding hydrogens is 466 g/mol. The Morgan fingerprint density at radius 1 is 1.06 bits per heavy atom. The standard InChI is InChI=1S/C24H24ClNO6S/c1-15(26-14-21(28)17-4-2-5-18(25)13-17)12-16-8-10-19(11-9-16)33(31,32)22-7-3-6-20(27)23(22)24(29)30/h2-11,13,15,21,26-28H,12,14H2,1H3,(H,29,30)/t15-,21-/m1/s1. The number of benzene rings is 3. The van der Waals surface area contributed by atoms with Gasteiger partial charge in [-0.3, -0.25) is 0 Å². The van der Waals surface area contributed by atoms with Crippen molar-refractivity contribution in [3.8, 4) is 5.75 Å². The molecule has 0 heterocycles. The Bertz CT molecular complexity index is 1240. The average molecular weight is 490 g/mol. The fourth-order valence-electron chi connectivity index (χ4n) is 3.46. The second-order valence-corrected chi connectivity index (χ2v) is 10.0. The summed E-state index contributed by atoms with van der Waals surface area (Å²) >= 11 is 5.96. The summed E-state index contributed by atoms with van der Waals surface area (Å²) in [6.45, 7) is 2.27. The third kappa shape index (κ3) is 5.91. The Morgan fingerprint density at radius 3 is 2.36 bits per heavy atom. The lowest BCUT2D eigenvalue weighted by Gasteiger charge is -2.18. The normalized spacial score (nSPS) is 13.4. The van der Waals surface area contributed by atoms with Gasteiger partial charge in [0.1, 0.15) is 11.3 Å². The number of carbonyl (C=O) groups is 1. The van der Waals surface area contributed by atoms with Gasteiger partial charge in [-0.25, -0.2) is 13.2 Å². The molecule has 33 heavy (non-hydrogen) atoms. The molecule has 0 unspecified atom stereocenters. The van der Waals surface area contributed by atoms with Crippen LogP contribution < -0.4 is 5.32 Å². The van der Waals surface area contributed by atoms with Crippen LogP contribution in [0.3, 0.4) is 0 Å². The highest BCUT2D eigenvalue weighted by Crippen LogP contribution is 2.30. The van der Waals surface area contributed by atoms with E-state index in [0.717, 1.165) is 17.7 Å². The van der Waals surface area contributed by atoms with Gasteiger partial charge in [0.2, 0.25) is 9.84 Å². The van der Waals surface area contributed by atoms with E-state index in [4.69, 9.17) is 11.6 Å². The average Bonchev–Trinajstić information content (AvgIpc) is 2.77. The summed E-state index contributed by atoms with van der Waals surface area (Å²) in [6.07, 6.45) is -0.140. The van der Waals surface area contributed by atoms with Crippen LogP contribution in [0.1, 0.15) is 34.5 Å². The zero-order valence-corrected chi connectivity index (χ0v) is 19.3. The van der Waals surface area contributed by atoms with E-state index in [2.05, 4.69) is 5.32 Å². The molecule has 0 saturated carbocycles. The van der Waals surface area contributed by atoms with Crippen molar-refractivity contribution in [1.82, 2.24) is 5.32 Å². The molecular formula is C24H24ClNO6S. The first-order valence-corrected chi connectivity index (χ1v) is 12.0. The number of aliphatic hydroxyl groups is 1. The van der Waals surface area contributed by atoms with E-state index in [0.29, 0.717) is 23.6 Å². The smallest absolute Gasteiger partial charge is 0.340 e. The fraction of sp³-hybridized carbons (Fsp3) is 0.208. The van der Waals surface area contributed by atoms with Crippen molar-refractivity contribution in [3.05, 3.63) is 88.4 Å². The lowest BCUT2D eigenvalue weighted by atomic mass is 10.1. The summed E-state index contributed by atoms with van der Waals surface area (Å²) in [5, 5.41) is 33.3. The Kier molecular flexibility index (Phi) is 7.76. The van der Waals surface area contributed by atoms with Gasteiger partial charge in [0.15, 0.2) is 0 Å². The van der Waals surface area contributed by atoms with E-state index < -0.39 is 38.1 Å². The Morgan fingerprint density at radius 2 is 1.73 bits per heavy atom. The Balaban J connectivity index is 1.68. The van der Waals surface area contributed by atoms with Crippen LogP contribution in [-0.2, 0) is 16.3 Å². The van der Waals surface area contributed by atoms with E-state index in [-0.39, 0.29) is 10.9 Å². The monoisotopic (exact) mass is 489 g/mol. The maximum Gasteiger partial charge on any atom is 0.340 e. The summed E-state index contributed by atoms with van der Waals surface area (Å²) in [4.78, 5) is 10.9. The highest BCUT2D eigenvalue weighted by Gasteiger charge is 2.27. The number of carboxylic acids is 1. The van der Waals surface area contributed by atoms with Crippen molar-refractivity contribution in [2.75, 3.05) is 6.54 Å². The predicted molar refractivity (Wildman–Crippen MR) is 125 cm³/mol. The van der Waals surface area contributed by atoms with Crippen LogP contribution in [0, 0.1) is 0 Å². The third-order valence-electron chi connectivity index (χ3n) is 5.18. The zero-order valence-electron chi connectivity index (χ0n) is 17.8. The molecule has 0 aliphatic rings. The number of aliphatic hydroxyl groups excluding tert-OH is 1. The van der Waals surface area contributed by atoms with Gasteiger partial charge < -0.3 is 20.6 Å². The molecule has 2 atom stereocenters. The van der Waals surface area contributed by atoms with Crippen LogP contribution in [0.5, 0.6) is 5.75 Å². The van der Waals surface area contributed by atoms with Gasteiger partial charge in [-0.15, -0.1) is 0 Å². The van der Waals surface area contributed by atoms with Crippen LogP contribution >= 0.6 is 11.6 Å². The minimum Gasteiger partial charge on any atom is -0.507 e. The van der Waals surface area contributed by atoms with E-state index in [1.165, 1.54) is 18.2 Å². The van der Waals surface area contributed by atoms with Crippen LogP contribution in [0.25, 0.3) is 0 Å². The van der Waals surface area contributed by atoms with E-state index in [1.54, 1.807) is 36.4 Å². The molecule has 0 aromatic heterocycles. The van der Waals surface area contributed by atoms with Crippen molar-refractivity contribution in [3.63, 3.8) is 0 Å². The second-order valence-electron chi connectivity index (χ2n) is 7.69. The van der Waals surface area contributed by atoms with Crippen molar-refractivity contribution in [2.45, 2.75) is 35.3 Å². The molecule has 7 nitrogen and oxygen atoms in total. The molecule has 0 bridgehead atoms. The first-order chi connectivity index (χ1) is 15.6. The maximum absolute atomic E-state index is 13.0. The summed E-state index contributed by atoms with van der Waals surface area (Å²) in [7, 11) is -4.14. The SMILES string of the molecule is C[C@H](Cc1ccc(S(=O)(=O)c2cccc(O)c2C(=O)O)cc1)NC[C@@H](O)c1cccc(Cl)c1. The molecule has 9 heteroatoms. The maximum atomic E-state index is 13.0.